The van der Waals surface area contributed by atoms with E-state index in [1.165, 1.54) is 0 Å². The lowest BCUT2D eigenvalue weighted by Gasteiger charge is -2.17. The average molecular weight is 316 g/mol. The fourth-order valence-corrected chi connectivity index (χ4v) is 3.03. The van der Waals surface area contributed by atoms with Crippen molar-refractivity contribution >= 4 is 21.7 Å². The molecule has 0 saturated carbocycles. The number of benzene rings is 2. The Morgan fingerprint density at radius 3 is 2.83 bits per heavy atom. The molecule has 2 aromatic carbocycles. The first-order valence-electron chi connectivity index (χ1n) is 7.93. The molecule has 24 heavy (non-hydrogen) atoms. The molecule has 4 nitrogen and oxygen atoms in total. The highest BCUT2D eigenvalue weighted by molar-refractivity contribution is 5.97. The van der Waals surface area contributed by atoms with Gasteiger partial charge in [-0.05, 0) is 49.1 Å². The van der Waals surface area contributed by atoms with Crippen LogP contribution in [-0.4, -0.2) is 25.5 Å². The number of rotatable bonds is 3. The third kappa shape index (κ3) is 2.65. The monoisotopic (exact) mass is 316 g/mol. The molecule has 0 aliphatic rings. The predicted octanol–water partition coefficient (Wildman–Crippen LogP) is 3.82. The second-order valence-corrected chi connectivity index (χ2v) is 6.72. The zero-order valence-electron chi connectivity index (χ0n) is 13.7. The number of aromatic nitrogens is 3. The minimum absolute atomic E-state index is 0.459. The van der Waals surface area contributed by atoms with Crippen LogP contribution in [0.1, 0.15) is 13.8 Å². The molecule has 0 fully saturated rings. The van der Waals surface area contributed by atoms with Crippen LogP contribution >= 0.6 is 0 Å². The molecule has 0 saturated heterocycles. The summed E-state index contributed by atoms with van der Waals surface area (Å²) in [5, 5.41) is 17.7. The van der Waals surface area contributed by atoms with E-state index in [1.54, 1.807) is 13.8 Å². The van der Waals surface area contributed by atoms with Gasteiger partial charge in [0.15, 0.2) is 0 Å². The van der Waals surface area contributed by atoms with Crippen molar-refractivity contribution in [2.24, 2.45) is 0 Å². The Bertz CT molecular complexity index is 1020. The Morgan fingerprint density at radius 1 is 1.12 bits per heavy atom. The zero-order valence-corrected chi connectivity index (χ0v) is 13.7. The number of fused-ring (bicyclic) bond motifs is 2. The van der Waals surface area contributed by atoms with E-state index >= 15 is 0 Å². The molecular formula is C20H18N3O. The van der Waals surface area contributed by atoms with E-state index in [2.05, 4.69) is 34.3 Å². The van der Waals surface area contributed by atoms with Gasteiger partial charge in [0.2, 0.25) is 0 Å². The fourth-order valence-electron chi connectivity index (χ4n) is 3.03. The van der Waals surface area contributed by atoms with Gasteiger partial charge in [0.1, 0.15) is 0 Å². The van der Waals surface area contributed by atoms with Gasteiger partial charge in [0.25, 0.3) is 0 Å². The molecule has 0 amide bonds. The summed E-state index contributed by atoms with van der Waals surface area (Å²) < 4.78 is 1.84. The van der Waals surface area contributed by atoms with E-state index < -0.39 is 5.60 Å². The Morgan fingerprint density at radius 2 is 2.00 bits per heavy atom. The first-order chi connectivity index (χ1) is 11.5. The van der Waals surface area contributed by atoms with Gasteiger partial charge in [-0.3, -0.25) is 9.67 Å². The van der Waals surface area contributed by atoms with Crippen LogP contribution < -0.4 is 0 Å². The largest absolute Gasteiger partial charge is 0.389 e. The SMILES string of the molecule is CC(C)(O)Cn1ncc2cc(-c3cncc4cc[c]cc34)ccc21. The van der Waals surface area contributed by atoms with Crippen LogP contribution in [-0.2, 0) is 6.54 Å². The van der Waals surface area contributed by atoms with Crippen LogP contribution in [0.3, 0.4) is 0 Å². The van der Waals surface area contributed by atoms with Crippen molar-refractivity contribution < 1.29 is 5.11 Å². The summed E-state index contributed by atoms with van der Waals surface area (Å²) >= 11 is 0. The standard InChI is InChI=1S/C20H18N3O/c1-20(2,24)13-23-19-8-7-14(9-16(19)11-22-23)18-12-21-10-15-5-3-4-6-17(15)18/h3,5-12,24H,13H2,1-2H3. The molecule has 0 bridgehead atoms. The summed E-state index contributed by atoms with van der Waals surface area (Å²) in [5.74, 6) is 0. The predicted molar refractivity (Wildman–Crippen MR) is 95.6 cm³/mol. The van der Waals surface area contributed by atoms with Gasteiger partial charge < -0.3 is 5.11 Å². The Labute approximate surface area is 140 Å². The maximum Gasteiger partial charge on any atom is 0.0787 e. The normalized spacial score (nSPS) is 12.1. The number of nitrogens with zero attached hydrogens (tertiary/aromatic N) is 3. The zero-order chi connectivity index (χ0) is 16.7. The summed E-state index contributed by atoms with van der Waals surface area (Å²) in [6.45, 7) is 4.03. The van der Waals surface area contributed by atoms with Crippen LogP contribution in [0.2, 0.25) is 0 Å². The maximum atomic E-state index is 10.0. The molecule has 4 heteroatoms. The fraction of sp³-hybridized carbons (Fsp3) is 0.200. The first kappa shape index (κ1) is 14.8. The first-order valence-corrected chi connectivity index (χ1v) is 7.93. The van der Waals surface area contributed by atoms with Gasteiger partial charge in [0, 0.05) is 28.7 Å². The molecule has 1 radical (unpaired) electrons. The van der Waals surface area contributed by atoms with Crippen LogP contribution in [0, 0.1) is 6.07 Å². The third-order valence-corrected chi connectivity index (χ3v) is 4.09. The van der Waals surface area contributed by atoms with Gasteiger partial charge in [-0.1, -0.05) is 18.2 Å². The van der Waals surface area contributed by atoms with Crippen molar-refractivity contribution in [2.75, 3.05) is 0 Å². The van der Waals surface area contributed by atoms with E-state index in [-0.39, 0.29) is 0 Å². The molecule has 0 atom stereocenters. The van der Waals surface area contributed by atoms with E-state index in [4.69, 9.17) is 0 Å². The number of pyridine rings is 1. The molecular weight excluding hydrogens is 298 g/mol. The summed E-state index contributed by atoms with van der Waals surface area (Å²) in [5.41, 5.74) is 2.40. The molecule has 2 aromatic heterocycles. The van der Waals surface area contributed by atoms with Crippen molar-refractivity contribution in [2.45, 2.75) is 26.0 Å². The lowest BCUT2D eigenvalue weighted by atomic mass is 10.00. The van der Waals surface area contributed by atoms with Gasteiger partial charge in [0.05, 0.1) is 23.9 Å². The van der Waals surface area contributed by atoms with E-state index in [9.17, 15) is 5.11 Å². The summed E-state index contributed by atoms with van der Waals surface area (Å²) in [6.07, 6.45) is 5.60. The second kappa shape index (κ2) is 5.42. The minimum Gasteiger partial charge on any atom is -0.389 e. The quantitative estimate of drug-likeness (QED) is 0.625. The average Bonchev–Trinajstić information content (AvgIpc) is 2.95. The molecule has 0 unspecified atom stereocenters. The maximum absolute atomic E-state index is 10.0. The molecule has 1 N–H and O–H groups in total. The summed E-state index contributed by atoms with van der Waals surface area (Å²) in [6, 6.07) is 15.3. The molecule has 2 heterocycles. The lowest BCUT2D eigenvalue weighted by molar-refractivity contribution is 0.0591. The number of hydrogen-bond donors (Lipinski definition) is 1. The molecule has 4 rings (SSSR count). The molecule has 0 spiro atoms. The summed E-state index contributed by atoms with van der Waals surface area (Å²) in [7, 11) is 0. The highest BCUT2D eigenvalue weighted by atomic mass is 16.3. The Balaban J connectivity index is 1.84. The van der Waals surface area contributed by atoms with Crippen LogP contribution in [0.15, 0.2) is 55.0 Å². The van der Waals surface area contributed by atoms with Crippen molar-refractivity contribution in [3.05, 3.63) is 61.1 Å². The van der Waals surface area contributed by atoms with Gasteiger partial charge in [-0.2, -0.15) is 5.10 Å². The smallest absolute Gasteiger partial charge is 0.0787 e. The van der Waals surface area contributed by atoms with Crippen molar-refractivity contribution in [3.8, 4) is 11.1 Å². The highest BCUT2D eigenvalue weighted by Gasteiger charge is 2.16. The molecule has 4 aromatic rings. The van der Waals surface area contributed by atoms with E-state index in [0.29, 0.717) is 6.54 Å². The van der Waals surface area contributed by atoms with Crippen molar-refractivity contribution in [1.82, 2.24) is 14.8 Å². The number of aliphatic hydroxyl groups is 1. The second-order valence-electron chi connectivity index (χ2n) is 6.72. The number of hydrogen-bond acceptors (Lipinski definition) is 3. The van der Waals surface area contributed by atoms with Gasteiger partial charge in [-0.15, -0.1) is 0 Å². The van der Waals surface area contributed by atoms with Crippen LogP contribution in [0.25, 0.3) is 32.8 Å². The molecule has 0 aliphatic heterocycles. The van der Waals surface area contributed by atoms with Crippen molar-refractivity contribution in [1.29, 1.82) is 0 Å². The topological polar surface area (TPSA) is 50.9 Å². The van der Waals surface area contributed by atoms with Crippen LogP contribution in [0.5, 0.6) is 0 Å². The molecule has 0 aliphatic carbocycles. The Kier molecular flexibility index (Phi) is 3.36. The molecule has 119 valence electrons. The van der Waals surface area contributed by atoms with Crippen LogP contribution in [0.4, 0.5) is 0 Å². The van der Waals surface area contributed by atoms with E-state index in [1.807, 2.05) is 41.5 Å². The van der Waals surface area contributed by atoms with Gasteiger partial charge >= 0.3 is 0 Å². The van der Waals surface area contributed by atoms with Gasteiger partial charge in [-0.25, -0.2) is 0 Å². The summed E-state index contributed by atoms with van der Waals surface area (Å²) in [4.78, 5) is 4.36. The van der Waals surface area contributed by atoms with Crippen molar-refractivity contribution in [3.63, 3.8) is 0 Å². The Hall–Kier alpha value is -2.72. The van der Waals surface area contributed by atoms with E-state index in [0.717, 1.165) is 32.8 Å². The lowest BCUT2D eigenvalue weighted by Crippen LogP contribution is -2.26. The third-order valence-electron chi connectivity index (χ3n) is 4.09. The highest BCUT2D eigenvalue weighted by Crippen LogP contribution is 2.30. The minimum atomic E-state index is -0.799.